The zero-order chi connectivity index (χ0) is 6.69. The first-order valence-corrected chi connectivity index (χ1v) is 4.11. The van der Waals surface area contributed by atoms with Crippen LogP contribution in [0.3, 0.4) is 0 Å². The van der Waals surface area contributed by atoms with Gasteiger partial charge < -0.3 is 4.90 Å². The van der Waals surface area contributed by atoms with Crippen LogP contribution in [-0.4, -0.2) is 30.9 Å². The molecule has 0 atom stereocenters. The Morgan fingerprint density at radius 3 is 2.67 bits per heavy atom. The molecule has 0 unspecified atom stereocenters. The zero-order valence-corrected chi connectivity index (χ0v) is 6.69. The molecule has 1 rings (SSSR count). The Balaban J connectivity index is 1.95. The second-order valence-corrected chi connectivity index (χ2v) is 3.27. The van der Waals surface area contributed by atoms with Gasteiger partial charge in [-0.25, -0.2) is 0 Å². The minimum Gasteiger partial charge on any atom is -0.305 e. The molecule has 0 N–H and O–H groups in total. The topological polar surface area (TPSA) is 3.24 Å². The molecule has 0 aliphatic heterocycles. The van der Waals surface area contributed by atoms with Gasteiger partial charge in [0.2, 0.25) is 0 Å². The van der Waals surface area contributed by atoms with E-state index in [9.17, 15) is 0 Å². The third-order valence-corrected chi connectivity index (χ3v) is 1.90. The number of hydrogen-bond acceptors (Lipinski definition) is 1. The van der Waals surface area contributed by atoms with Gasteiger partial charge in [0.1, 0.15) is 0 Å². The molecule has 0 amide bonds. The van der Waals surface area contributed by atoms with Gasteiger partial charge >= 0.3 is 0 Å². The lowest BCUT2D eigenvalue weighted by Gasteiger charge is -2.12. The summed E-state index contributed by atoms with van der Waals surface area (Å²) in [6, 6.07) is 0. The highest BCUT2D eigenvalue weighted by Gasteiger charge is 2.22. The molecule has 1 aliphatic carbocycles. The monoisotopic (exact) mass is 147 g/mol. The minimum atomic E-state index is 0.767. The second kappa shape index (κ2) is 3.43. The SMILES string of the molecule is CN(CCCl)CC1CC1. The molecule has 2 heteroatoms. The number of halogens is 1. The van der Waals surface area contributed by atoms with Crippen LogP contribution in [0, 0.1) is 5.92 Å². The molecule has 0 spiro atoms. The normalized spacial score (nSPS) is 19.0. The Hall–Kier alpha value is 0.250. The lowest BCUT2D eigenvalue weighted by molar-refractivity contribution is 0.339. The summed E-state index contributed by atoms with van der Waals surface area (Å²) in [4.78, 5) is 2.31. The molecule has 0 aromatic heterocycles. The van der Waals surface area contributed by atoms with E-state index in [1.165, 1.54) is 19.4 Å². The van der Waals surface area contributed by atoms with E-state index in [4.69, 9.17) is 11.6 Å². The van der Waals surface area contributed by atoms with E-state index in [1.54, 1.807) is 0 Å². The van der Waals surface area contributed by atoms with E-state index in [1.807, 2.05) is 0 Å². The van der Waals surface area contributed by atoms with Crippen molar-refractivity contribution in [3.63, 3.8) is 0 Å². The molecule has 0 heterocycles. The smallest absolute Gasteiger partial charge is 0.0351 e. The van der Waals surface area contributed by atoms with E-state index in [0.29, 0.717) is 0 Å². The molecule has 54 valence electrons. The van der Waals surface area contributed by atoms with Crippen molar-refractivity contribution in [2.75, 3.05) is 26.0 Å². The number of hydrogen-bond donors (Lipinski definition) is 0. The maximum Gasteiger partial charge on any atom is 0.0351 e. The Morgan fingerprint density at radius 1 is 1.56 bits per heavy atom. The van der Waals surface area contributed by atoms with Crippen LogP contribution in [-0.2, 0) is 0 Å². The van der Waals surface area contributed by atoms with Gasteiger partial charge in [-0.2, -0.15) is 0 Å². The highest BCUT2D eigenvalue weighted by molar-refractivity contribution is 6.18. The summed E-state index contributed by atoms with van der Waals surface area (Å²) < 4.78 is 0. The van der Waals surface area contributed by atoms with Gasteiger partial charge in [0.15, 0.2) is 0 Å². The highest BCUT2D eigenvalue weighted by atomic mass is 35.5. The first-order valence-electron chi connectivity index (χ1n) is 3.57. The van der Waals surface area contributed by atoms with Gasteiger partial charge in [0.25, 0.3) is 0 Å². The van der Waals surface area contributed by atoms with Crippen LogP contribution in [0.4, 0.5) is 0 Å². The summed E-state index contributed by atoms with van der Waals surface area (Å²) in [5.41, 5.74) is 0. The average Bonchev–Trinajstić information content (AvgIpc) is 2.50. The van der Waals surface area contributed by atoms with Crippen molar-refractivity contribution in [2.24, 2.45) is 5.92 Å². The fourth-order valence-electron chi connectivity index (χ4n) is 0.977. The fraction of sp³-hybridized carbons (Fsp3) is 1.00. The van der Waals surface area contributed by atoms with E-state index in [0.717, 1.165) is 18.3 Å². The molecule has 0 radical (unpaired) electrons. The van der Waals surface area contributed by atoms with Crippen molar-refractivity contribution < 1.29 is 0 Å². The molecule has 1 nitrogen and oxygen atoms in total. The summed E-state index contributed by atoms with van der Waals surface area (Å²) in [5, 5.41) is 0. The van der Waals surface area contributed by atoms with Crippen molar-refractivity contribution in [3.8, 4) is 0 Å². The van der Waals surface area contributed by atoms with Gasteiger partial charge in [-0.05, 0) is 25.8 Å². The Kier molecular flexibility index (Phi) is 2.80. The van der Waals surface area contributed by atoms with Crippen molar-refractivity contribution in [3.05, 3.63) is 0 Å². The first kappa shape index (κ1) is 7.36. The minimum absolute atomic E-state index is 0.767. The number of rotatable bonds is 4. The van der Waals surface area contributed by atoms with Crippen molar-refractivity contribution >= 4 is 11.6 Å². The van der Waals surface area contributed by atoms with Crippen LogP contribution in [0.1, 0.15) is 12.8 Å². The van der Waals surface area contributed by atoms with Crippen LogP contribution in [0.25, 0.3) is 0 Å². The van der Waals surface area contributed by atoms with Gasteiger partial charge in [0.05, 0.1) is 0 Å². The third kappa shape index (κ3) is 3.07. The van der Waals surface area contributed by atoms with Gasteiger partial charge in [-0.3, -0.25) is 0 Å². The maximum atomic E-state index is 5.56. The van der Waals surface area contributed by atoms with E-state index in [2.05, 4.69) is 11.9 Å². The largest absolute Gasteiger partial charge is 0.305 e. The Labute approximate surface area is 62.0 Å². The summed E-state index contributed by atoms with van der Waals surface area (Å²) in [7, 11) is 2.14. The van der Waals surface area contributed by atoms with Crippen LogP contribution in [0.2, 0.25) is 0 Å². The second-order valence-electron chi connectivity index (χ2n) is 2.89. The molecule has 0 bridgehead atoms. The van der Waals surface area contributed by atoms with Crippen molar-refractivity contribution in [1.29, 1.82) is 0 Å². The van der Waals surface area contributed by atoms with E-state index >= 15 is 0 Å². The van der Waals surface area contributed by atoms with E-state index < -0.39 is 0 Å². The predicted molar refractivity (Wildman–Crippen MR) is 40.9 cm³/mol. The first-order chi connectivity index (χ1) is 4.33. The summed E-state index contributed by atoms with van der Waals surface area (Å²) in [6.07, 6.45) is 2.87. The molecule has 0 aromatic carbocycles. The van der Waals surface area contributed by atoms with Gasteiger partial charge in [-0.1, -0.05) is 0 Å². The van der Waals surface area contributed by atoms with E-state index in [-0.39, 0.29) is 0 Å². The third-order valence-electron chi connectivity index (χ3n) is 1.73. The lowest BCUT2D eigenvalue weighted by Crippen LogP contribution is -2.22. The number of alkyl halides is 1. The molecule has 1 saturated carbocycles. The Bertz CT molecular complexity index is 81.0. The standard InChI is InChI=1S/C7H14ClN/c1-9(5-4-8)6-7-2-3-7/h7H,2-6H2,1H3. The Morgan fingerprint density at radius 2 is 2.22 bits per heavy atom. The van der Waals surface area contributed by atoms with Crippen molar-refractivity contribution in [2.45, 2.75) is 12.8 Å². The summed E-state index contributed by atoms with van der Waals surface area (Å²) in [6.45, 7) is 2.30. The quantitative estimate of drug-likeness (QED) is 0.546. The molecule has 0 saturated heterocycles. The molecule has 1 aliphatic rings. The van der Waals surface area contributed by atoms with Crippen LogP contribution < -0.4 is 0 Å². The van der Waals surface area contributed by atoms with Gasteiger partial charge in [-0.15, -0.1) is 11.6 Å². The zero-order valence-electron chi connectivity index (χ0n) is 5.94. The summed E-state index contributed by atoms with van der Waals surface area (Å²) >= 11 is 5.56. The molecule has 1 fully saturated rings. The van der Waals surface area contributed by atoms with Crippen LogP contribution in [0.5, 0.6) is 0 Å². The number of nitrogens with zero attached hydrogens (tertiary/aromatic N) is 1. The maximum absolute atomic E-state index is 5.56. The van der Waals surface area contributed by atoms with Crippen LogP contribution in [0.15, 0.2) is 0 Å². The predicted octanol–water partition coefficient (Wildman–Crippen LogP) is 1.57. The molecule has 0 aromatic rings. The van der Waals surface area contributed by atoms with Crippen molar-refractivity contribution in [1.82, 2.24) is 4.90 Å². The highest BCUT2D eigenvalue weighted by Crippen LogP contribution is 2.29. The van der Waals surface area contributed by atoms with Gasteiger partial charge in [0, 0.05) is 19.0 Å². The summed E-state index contributed by atoms with van der Waals surface area (Å²) in [5.74, 6) is 1.77. The molecule has 9 heavy (non-hydrogen) atoms. The fourth-order valence-corrected chi connectivity index (χ4v) is 1.27. The lowest BCUT2D eigenvalue weighted by atomic mass is 10.4. The molecular formula is C7H14ClN. The molecular weight excluding hydrogens is 134 g/mol. The average molecular weight is 148 g/mol. The van der Waals surface area contributed by atoms with Crippen LogP contribution >= 0.6 is 11.6 Å².